The Hall–Kier alpha value is -3.38. The molecule has 8 nitrogen and oxygen atoms in total. The fourth-order valence-corrected chi connectivity index (χ4v) is 6.34. The Morgan fingerprint density at radius 1 is 1.26 bits per heavy atom. The van der Waals surface area contributed by atoms with Crippen molar-refractivity contribution in [2.24, 2.45) is 5.92 Å². The molecule has 2 aliphatic heterocycles. The summed E-state index contributed by atoms with van der Waals surface area (Å²) in [6.45, 7) is 1.55. The molecule has 1 aromatic carbocycles. The van der Waals surface area contributed by atoms with E-state index in [0.717, 1.165) is 13.0 Å². The van der Waals surface area contributed by atoms with Crippen LogP contribution in [-0.4, -0.2) is 42.3 Å². The van der Waals surface area contributed by atoms with Crippen LogP contribution in [0.4, 0.5) is 0 Å². The number of likely N-dealkylation sites (tertiary alicyclic amines) is 1. The van der Waals surface area contributed by atoms with Crippen LogP contribution in [0.2, 0.25) is 0 Å². The van der Waals surface area contributed by atoms with Gasteiger partial charge in [-0.2, -0.15) is 5.26 Å². The number of nitriles is 1. The van der Waals surface area contributed by atoms with E-state index in [1.54, 1.807) is 29.0 Å². The summed E-state index contributed by atoms with van der Waals surface area (Å²) in [5.74, 6) is 0.601. The Bertz CT molecular complexity index is 1400. The van der Waals surface area contributed by atoms with E-state index in [4.69, 9.17) is 12.2 Å². The van der Waals surface area contributed by atoms with Crippen LogP contribution >= 0.6 is 12.2 Å². The topological polar surface area (TPSA) is 99.1 Å². The zero-order valence-electron chi connectivity index (χ0n) is 18.8. The molecule has 2 aromatic heterocycles. The van der Waals surface area contributed by atoms with E-state index in [9.17, 15) is 15.2 Å². The van der Waals surface area contributed by atoms with Crippen molar-refractivity contribution in [1.29, 1.82) is 5.26 Å². The first-order chi connectivity index (χ1) is 16.6. The summed E-state index contributed by atoms with van der Waals surface area (Å²) in [7, 11) is 0. The number of fused-ring (bicyclic) bond motifs is 6. The molecule has 3 aliphatic rings. The summed E-state index contributed by atoms with van der Waals surface area (Å²) in [6.07, 6.45) is 8.79. The van der Waals surface area contributed by atoms with Crippen molar-refractivity contribution >= 4 is 28.2 Å². The van der Waals surface area contributed by atoms with Gasteiger partial charge in [-0.1, -0.05) is 19.3 Å². The van der Waals surface area contributed by atoms with Gasteiger partial charge in [0.05, 0.1) is 28.9 Å². The predicted octanol–water partition coefficient (Wildman–Crippen LogP) is 3.52. The van der Waals surface area contributed by atoms with Crippen LogP contribution in [0.3, 0.4) is 0 Å². The van der Waals surface area contributed by atoms with Crippen LogP contribution in [0, 0.1) is 17.2 Å². The van der Waals surface area contributed by atoms with Gasteiger partial charge in [0.1, 0.15) is 11.8 Å². The Morgan fingerprint density at radius 2 is 2.09 bits per heavy atom. The molecular formula is C25H26N6O2S. The lowest BCUT2D eigenvalue weighted by Gasteiger charge is -2.31. The molecule has 1 saturated carbocycles. The molecule has 2 N–H and O–H groups in total. The lowest BCUT2D eigenvalue weighted by Crippen LogP contribution is -2.44. The van der Waals surface area contributed by atoms with Crippen LogP contribution in [-0.2, 0) is 0 Å². The summed E-state index contributed by atoms with van der Waals surface area (Å²) in [6, 6.07) is 8.92. The average molecular weight is 475 g/mol. The zero-order valence-corrected chi connectivity index (χ0v) is 19.6. The lowest BCUT2D eigenvalue weighted by atomic mass is 9.89. The third-order valence-corrected chi connectivity index (χ3v) is 8.07. The summed E-state index contributed by atoms with van der Waals surface area (Å²) in [4.78, 5) is 20.0. The van der Waals surface area contributed by atoms with Crippen molar-refractivity contribution in [3.63, 3.8) is 0 Å². The minimum atomic E-state index is -0.268. The van der Waals surface area contributed by atoms with Crippen LogP contribution in [0.1, 0.15) is 61.9 Å². The molecule has 6 rings (SSSR count). The van der Waals surface area contributed by atoms with E-state index in [2.05, 4.69) is 21.3 Å². The molecule has 3 aromatic rings. The first kappa shape index (κ1) is 21.2. The van der Waals surface area contributed by atoms with Crippen LogP contribution in [0.25, 0.3) is 16.6 Å². The molecule has 34 heavy (non-hydrogen) atoms. The second-order valence-electron chi connectivity index (χ2n) is 9.59. The van der Waals surface area contributed by atoms with Crippen molar-refractivity contribution < 1.29 is 5.11 Å². The molecular weight excluding hydrogens is 448 g/mol. The minimum Gasteiger partial charge on any atom is -0.493 e. The Kier molecular flexibility index (Phi) is 5.06. The highest BCUT2D eigenvalue weighted by atomic mass is 32.1. The van der Waals surface area contributed by atoms with E-state index in [-0.39, 0.29) is 23.7 Å². The van der Waals surface area contributed by atoms with E-state index >= 15 is 0 Å². The predicted molar refractivity (Wildman–Crippen MR) is 132 cm³/mol. The lowest BCUT2D eigenvalue weighted by molar-refractivity contribution is 0.320. The first-order valence-electron chi connectivity index (χ1n) is 12.0. The van der Waals surface area contributed by atoms with Gasteiger partial charge in [-0.25, -0.2) is 9.36 Å². The van der Waals surface area contributed by atoms with Crippen molar-refractivity contribution in [2.75, 3.05) is 13.1 Å². The number of hydrogen-bond donors (Lipinski definition) is 2. The standard InChI is InChI=1S/C25H26N6O2S/c26-12-16-8-9-19(18-7-4-10-27-21(16)18)31-23(32)22-20-11-17(30(22)25(31)33)14-29(20)24(34)28-13-15-5-2-1-3-6-15/h4,7-10,15,17,20,32H,1-3,5-6,11,13-14H2,(H,28,34)/t17-,20?/m1/s1. The van der Waals surface area contributed by atoms with Gasteiger partial charge in [-0.15, -0.1) is 0 Å². The molecule has 2 fully saturated rings. The number of nitrogens with zero attached hydrogens (tertiary/aromatic N) is 5. The first-order valence-corrected chi connectivity index (χ1v) is 12.4. The maximum absolute atomic E-state index is 13.5. The van der Waals surface area contributed by atoms with Crippen molar-refractivity contribution in [2.45, 2.75) is 50.6 Å². The maximum Gasteiger partial charge on any atom is 0.336 e. The number of thiocarbonyl (C=S) groups is 1. The van der Waals surface area contributed by atoms with Gasteiger partial charge in [-0.05, 0) is 61.7 Å². The third kappa shape index (κ3) is 3.12. The number of hydrogen-bond acceptors (Lipinski definition) is 5. The summed E-state index contributed by atoms with van der Waals surface area (Å²) < 4.78 is 3.07. The minimum absolute atomic E-state index is 0.0307. The molecule has 0 spiro atoms. The second kappa shape index (κ2) is 8.13. The summed E-state index contributed by atoms with van der Waals surface area (Å²) in [5, 5.41) is 25.6. The molecule has 1 aliphatic carbocycles. The molecule has 2 atom stereocenters. The number of rotatable bonds is 3. The fourth-order valence-electron chi connectivity index (χ4n) is 6.06. The molecule has 0 amide bonds. The SMILES string of the molecule is N#Cc1ccc(-n2c(O)c3n(c2=O)[C@@H]2CC3N(C(=S)NCC3CCCCC3)C2)c2cccnc12. The molecule has 2 bridgehead atoms. The number of nitrogens with one attached hydrogen (secondary N) is 1. The number of aromatic hydroxyl groups is 1. The number of aromatic nitrogens is 3. The zero-order chi connectivity index (χ0) is 23.4. The van der Waals surface area contributed by atoms with Crippen LogP contribution < -0.4 is 11.0 Å². The number of benzene rings is 1. The van der Waals surface area contributed by atoms with E-state index < -0.39 is 0 Å². The van der Waals surface area contributed by atoms with Crippen molar-refractivity contribution in [3.8, 4) is 17.6 Å². The molecule has 1 unspecified atom stereocenters. The largest absolute Gasteiger partial charge is 0.493 e. The van der Waals surface area contributed by atoms with Crippen molar-refractivity contribution in [3.05, 3.63) is 52.2 Å². The third-order valence-electron chi connectivity index (χ3n) is 7.69. The fraction of sp³-hybridized carbons (Fsp3) is 0.440. The van der Waals surface area contributed by atoms with Crippen LogP contribution in [0.5, 0.6) is 5.88 Å². The van der Waals surface area contributed by atoms with Gasteiger partial charge in [0.2, 0.25) is 5.88 Å². The molecule has 9 heteroatoms. The van der Waals surface area contributed by atoms with Gasteiger partial charge < -0.3 is 15.3 Å². The van der Waals surface area contributed by atoms with Gasteiger partial charge in [0, 0.05) is 24.7 Å². The van der Waals surface area contributed by atoms with E-state index in [1.165, 1.54) is 36.7 Å². The summed E-state index contributed by atoms with van der Waals surface area (Å²) >= 11 is 5.74. The van der Waals surface area contributed by atoms with E-state index in [0.29, 0.717) is 45.4 Å². The quantitative estimate of drug-likeness (QED) is 0.561. The summed E-state index contributed by atoms with van der Waals surface area (Å²) in [5.41, 5.74) is 1.81. The van der Waals surface area contributed by atoms with Gasteiger partial charge in [0.25, 0.3) is 0 Å². The highest BCUT2D eigenvalue weighted by Gasteiger charge is 2.48. The monoisotopic (exact) mass is 474 g/mol. The smallest absolute Gasteiger partial charge is 0.336 e. The second-order valence-corrected chi connectivity index (χ2v) is 9.97. The Labute approximate surface area is 202 Å². The Balaban J connectivity index is 1.34. The number of imidazole rings is 1. The molecule has 1 saturated heterocycles. The average Bonchev–Trinajstić information content (AvgIpc) is 3.54. The molecule has 4 heterocycles. The van der Waals surface area contributed by atoms with Crippen LogP contribution in [0.15, 0.2) is 35.3 Å². The highest BCUT2D eigenvalue weighted by molar-refractivity contribution is 7.80. The molecule has 174 valence electrons. The molecule has 0 radical (unpaired) electrons. The van der Waals surface area contributed by atoms with Crippen molar-refractivity contribution in [1.82, 2.24) is 24.3 Å². The number of pyridine rings is 1. The normalized spacial score (nSPS) is 21.6. The Morgan fingerprint density at radius 3 is 2.88 bits per heavy atom. The van der Waals surface area contributed by atoms with Gasteiger partial charge in [0.15, 0.2) is 5.11 Å². The maximum atomic E-state index is 13.5. The van der Waals surface area contributed by atoms with Gasteiger partial charge >= 0.3 is 5.69 Å². The highest BCUT2D eigenvalue weighted by Crippen LogP contribution is 2.48. The van der Waals surface area contributed by atoms with E-state index in [1.807, 2.05) is 6.07 Å². The van der Waals surface area contributed by atoms with Gasteiger partial charge in [-0.3, -0.25) is 9.55 Å².